The number of fused-ring (bicyclic) bond motifs is 1. The van der Waals surface area contributed by atoms with Crippen LogP contribution in [0.15, 0.2) is 24.3 Å². The minimum Gasteiger partial charge on any atom is -0.486 e. The van der Waals surface area contributed by atoms with Crippen molar-refractivity contribution in [3.63, 3.8) is 0 Å². The Balaban J connectivity index is 1.27. The van der Waals surface area contributed by atoms with E-state index in [0.717, 1.165) is 55.3 Å². The summed E-state index contributed by atoms with van der Waals surface area (Å²) in [5, 5.41) is 0. The molecule has 23 heavy (non-hydrogen) atoms. The Morgan fingerprint density at radius 2 is 1.91 bits per heavy atom. The lowest BCUT2D eigenvalue weighted by molar-refractivity contribution is -0.917. The highest BCUT2D eigenvalue weighted by Gasteiger charge is 2.24. The second-order valence-corrected chi connectivity index (χ2v) is 6.68. The van der Waals surface area contributed by atoms with Gasteiger partial charge in [-0.05, 0) is 25.0 Å². The summed E-state index contributed by atoms with van der Waals surface area (Å²) in [6.45, 7) is 7.21. The number of morpholine rings is 1. The van der Waals surface area contributed by atoms with Gasteiger partial charge in [0.2, 0.25) is 0 Å². The molecule has 0 bridgehead atoms. The van der Waals surface area contributed by atoms with Gasteiger partial charge in [0.05, 0.1) is 33.4 Å². The zero-order valence-corrected chi connectivity index (χ0v) is 14.0. The fourth-order valence-electron chi connectivity index (χ4n) is 3.06. The van der Waals surface area contributed by atoms with Crippen LogP contribution in [0.3, 0.4) is 0 Å². The van der Waals surface area contributed by atoms with Gasteiger partial charge in [-0.25, -0.2) is 0 Å². The normalized spacial score (nSPS) is 22.7. The largest absolute Gasteiger partial charge is 0.486 e. The highest BCUT2D eigenvalue weighted by Crippen LogP contribution is 2.30. The number of hydrogen-bond acceptors (Lipinski definition) is 4. The van der Waals surface area contributed by atoms with Gasteiger partial charge in [-0.1, -0.05) is 12.1 Å². The van der Waals surface area contributed by atoms with Crippen LogP contribution in [0.5, 0.6) is 11.5 Å². The van der Waals surface area contributed by atoms with Crippen LogP contribution in [0.25, 0.3) is 0 Å². The molecule has 1 aromatic carbocycles. The van der Waals surface area contributed by atoms with Crippen LogP contribution >= 0.6 is 0 Å². The number of unbranched alkanes of at least 4 members (excludes halogenated alkanes) is 1. The van der Waals surface area contributed by atoms with Crippen molar-refractivity contribution < 1.29 is 23.4 Å². The van der Waals surface area contributed by atoms with E-state index in [1.807, 2.05) is 24.3 Å². The molecule has 0 spiro atoms. The predicted molar refractivity (Wildman–Crippen MR) is 88.0 cm³/mol. The number of para-hydroxylation sites is 2. The number of hydrogen-bond donors (Lipinski definition) is 0. The third-order valence-corrected chi connectivity index (χ3v) is 4.66. The molecular weight excluding hydrogens is 294 g/mol. The second kappa shape index (κ2) is 7.99. The van der Waals surface area contributed by atoms with Crippen LogP contribution in [-0.4, -0.2) is 70.3 Å². The minimum atomic E-state index is -0.00584. The van der Waals surface area contributed by atoms with Crippen LogP contribution in [-0.2, 0) is 9.47 Å². The Labute approximate surface area is 138 Å². The third-order valence-electron chi connectivity index (χ3n) is 4.66. The molecule has 1 unspecified atom stereocenters. The van der Waals surface area contributed by atoms with Gasteiger partial charge in [-0.2, -0.15) is 0 Å². The lowest BCUT2D eigenvalue weighted by atomic mass is 10.2. The molecule has 1 fully saturated rings. The van der Waals surface area contributed by atoms with Crippen molar-refractivity contribution in [2.24, 2.45) is 0 Å². The average molecular weight is 322 g/mol. The molecule has 0 amide bonds. The summed E-state index contributed by atoms with van der Waals surface area (Å²) in [5.74, 6) is 1.64. The van der Waals surface area contributed by atoms with Crippen LogP contribution in [0.1, 0.15) is 12.8 Å². The SMILES string of the molecule is C[N+]1(CCCCOCC2COc3ccccc3O2)CCOCC1. The van der Waals surface area contributed by atoms with E-state index in [4.69, 9.17) is 18.9 Å². The van der Waals surface area contributed by atoms with Crippen LogP contribution < -0.4 is 9.47 Å². The zero-order chi connectivity index (χ0) is 16.0. The smallest absolute Gasteiger partial charge is 0.161 e. The maximum Gasteiger partial charge on any atom is 0.161 e. The number of rotatable bonds is 7. The monoisotopic (exact) mass is 322 g/mol. The Morgan fingerprint density at radius 3 is 2.74 bits per heavy atom. The molecule has 2 heterocycles. The van der Waals surface area contributed by atoms with E-state index in [2.05, 4.69) is 7.05 Å². The molecule has 0 aromatic heterocycles. The molecular formula is C18H28NO4+. The number of quaternary nitrogens is 1. The molecule has 0 N–H and O–H groups in total. The molecule has 3 rings (SSSR count). The van der Waals surface area contributed by atoms with Crippen molar-refractivity contribution in [2.75, 3.05) is 59.7 Å². The summed E-state index contributed by atoms with van der Waals surface area (Å²) in [4.78, 5) is 0. The third kappa shape index (κ3) is 4.83. The van der Waals surface area contributed by atoms with Gasteiger partial charge in [-0.3, -0.25) is 0 Å². The van der Waals surface area contributed by atoms with E-state index in [-0.39, 0.29) is 6.10 Å². The van der Waals surface area contributed by atoms with E-state index in [0.29, 0.717) is 13.2 Å². The highest BCUT2D eigenvalue weighted by atomic mass is 16.6. The van der Waals surface area contributed by atoms with Gasteiger partial charge >= 0.3 is 0 Å². The van der Waals surface area contributed by atoms with Crippen molar-refractivity contribution in [2.45, 2.75) is 18.9 Å². The molecule has 0 radical (unpaired) electrons. The lowest BCUT2D eigenvalue weighted by Crippen LogP contribution is -2.52. The predicted octanol–water partition coefficient (Wildman–Crippen LogP) is 2.10. The van der Waals surface area contributed by atoms with Gasteiger partial charge in [0.15, 0.2) is 17.6 Å². The molecule has 5 heteroatoms. The number of likely N-dealkylation sites (N-methyl/N-ethyl adjacent to an activating group) is 1. The van der Waals surface area contributed by atoms with E-state index < -0.39 is 0 Å². The molecule has 2 aliphatic rings. The van der Waals surface area contributed by atoms with Gasteiger partial charge in [0.25, 0.3) is 0 Å². The van der Waals surface area contributed by atoms with E-state index in [1.165, 1.54) is 13.0 Å². The fourth-order valence-corrected chi connectivity index (χ4v) is 3.06. The van der Waals surface area contributed by atoms with Gasteiger partial charge < -0.3 is 23.4 Å². The van der Waals surface area contributed by atoms with Crippen LogP contribution in [0.4, 0.5) is 0 Å². The lowest BCUT2D eigenvalue weighted by Gasteiger charge is -2.37. The summed E-state index contributed by atoms with van der Waals surface area (Å²) in [7, 11) is 2.33. The van der Waals surface area contributed by atoms with Crippen molar-refractivity contribution in [3.8, 4) is 11.5 Å². The Morgan fingerprint density at radius 1 is 1.13 bits per heavy atom. The first-order valence-corrected chi connectivity index (χ1v) is 8.63. The van der Waals surface area contributed by atoms with Crippen molar-refractivity contribution in [1.82, 2.24) is 0 Å². The standard InChI is InChI=1S/C18H28NO4/c1-19(9-12-20-13-10-19)8-4-5-11-21-14-16-15-22-17-6-2-3-7-18(17)23-16/h2-3,6-7,16H,4-5,8-15H2,1H3/q+1. The molecule has 1 atom stereocenters. The Hall–Kier alpha value is -1.30. The fraction of sp³-hybridized carbons (Fsp3) is 0.667. The summed E-state index contributed by atoms with van der Waals surface area (Å²) >= 11 is 0. The Bertz CT molecular complexity index is 488. The maximum absolute atomic E-state index is 5.88. The molecule has 1 aromatic rings. The van der Waals surface area contributed by atoms with Gasteiger partial charge in [-0.15, -0.1) is 0 Å². The first kappa shape index (κ1) is 16.6. The molecule has 2 aliphatic heterocycles. The molecule has 0 saturated carbocycles. The summed E-state index contributed by atoms with van der Waals surface area (Å²) < 4.78 is 23.9. The highest BCUT2D eigenvalue weighted by molar-refractivity contribution is 5.40. The van der Waals surface area contributed by atoms with Crippen LogP contribution in [0, 0.1) is 0 Å². The molecule has 128 valence electrons. The maximum atomic E-state index is 5.88. The second-order valence-electron chi connectivity index (χ2n) is 6.68. The summed E-state index contributed by atoms with van der Waals surface area (Å²) in [6.07, 6.45) is 2.29. The summed E-state index contributed by atoms with van der Waals surface area (Å²) in [5.41, 5.74) is 0. The quantitative estimate of drug-likeness (QED) is 0.569. The minimum absolute atomic E-state index is 0.00584. The number of ether oxygens (including phenoxy) is 4. The molecule has 1 saturated heterocycles. The van der Waals surface area contributed by atoms with Crippen molar-refractivity contribution >= 4 is 0 Å². The first-order chi connectivity index (χ1) is 11.3. The van der Waals surface area contributed by atoms with E-state index in [1.54, 1.807) is 0 Å². The van der Waals surface area contributed by atoms with E-state index in [9.17, 15) is 0 Å². The Kier molecular flexibility index (Phi) is 5.75. The van der Waals surface area contributed by atoms with Crippen molar-refractivity contribution in [1.29, 1.82) is 0 Å². The number of benzene rings is 1. The van der Waals surface area contributed by atoms with Gasteiger partial charge in [0.1, 0.15) is 19.7 Å². The van der Waals surface area contributed by atoms with E-state index >= 15 is 0 Å². The molecule has 0 aliphatic carbocycles. The number of nitrogens with zero attached hydrogens (tertiary/aromatic N) is 1. The van der Waals surface area contributed by atoms with Gasteiger partial charge in [0, 0.05) is 6.61 Å². The zero-order valence-electron chi connectivity index (χ0n) is 14.0. The topological polar surface area (TPSA) is 36.9 Å². The molecule has 5 nitrogen and oxygen atoms in total. The first-order valence-electron chi connectivity index (χ1n) is 8.63. The average Bonchev–Trinajstić information content (AvgIpc) is 2.58. The van der Waals surface area contributed by atoms with Crippen molar-refractivity contribution in [3.05, 3.63) is 24.3 Å². The summed E-state index contributed by atoms with van der Waals surface area (Å²) in [6, 6.07) is 7.78. The van der Waals surface area contributed by atoms with Crippen LogP contribution in [0.2, 0.25) is 0 Å².